The summed E-state index contributed by atoms with van der Waals surface area (Å²) in [5, 5.41) is 4.14. The molecule has 2 heterocycles. The molecule has 104 valence electrons. The van der Waals surface area contributed by atoms with Gasteiger partial charge >= 0.3 is 5.97 Å². The normalized spacial score (nSPS) is 19.3. The molecule has 1 amide bonds. The molecule has 7 heteroatoms. The van der Waals surface area contributed by atoms with Crippen molar-refractivity contribution in [3.05, 3.63) is 17.5 Å². The number of esters is 1. The zero-order chi connectivity index (χ0) is 14.0. The number of ether oxygens (including phenoxy) is 2. The Bertz CT molecular complexity index is 497. The van der Waals surface area contributed by atoms with Crippen molar-refractivity contribution in [1.29, 1.82) is 0 Å². The highest BCUT2D eigenvalue weighted by molar-refractivity contribution is 5.95. The number of morpholine rings is 1. The summed E-state index contributed by atoms with van der Waals surface area (Å²) in [6.07, 6.45) is 0. The molecule has 0 saturated carbocycles. The number of rotatable bonds is 2. The lowest BCUT2D eigenvalue weighted by molar-refractivity contribution is -0.151. The summed E-state index contributed by atoms with van der Waals surface area (Å²) in [5.41, 5.74) is 1.21. The van der Waals surface area contributed by atoms with Gasteiger partial charge in [0.1, 0.15) is 5.69 Å². The lowest BCUT2D eigenvalue weighted by atomic mass is 10.2. The van der Waals surface area contributed by atoms with Gasteiger partial charge in [-0.05, 0) is 13.0 Å². The van der Waals surface area contributed by atoms with E-state index >= 15 is 0 Å². The van der Waals surface area contributed by atoms with Gasteiger partial charge in [0.15, 0.2) is 6.04 Å². The van der Waals surface area contributed by atoms with Crippen LogP contribution in [0, 0.1) is 6.92 Å². The zero-order valence-corrected chi connectivity index (χ0v) is 11.3. The maximum absolute atomic E-state index is 12.5. The standard InChI is InChI=1S/C12H17N3O4/c1-8-6-9(14(2)13-8)11(16)15-4-5-19-7-10(15)12(17)18-3/h6,10H,4-5,7H2,1-3H3. The first-order valence-electron chi connectivity index (χ1n) is 6.01. The van der Waals surface area contributed by atoms with Crippen LogP contribution in [-0.2, 0) is 21.3 Å². The van der Waals surface area contributed by atoms with Crippen molar-refractivity contribution in [2.75, 3.05) is 26.9 Å². The van der Waals surface area contributed by atoms with Crippen molar-refractivity contribution in [3.63, 3.8) is 0 Å². The van der Waals surface area contributed by atoms with Gasteiger partial charge in [0.2, 0.25) is 0 Å². The molecule has 0 bridgehead atoms. The second-order valence-electron chi connectivity index (χ2n) is 4.41. The van der Waals surface area contributed by atoms with Gasteiger partial charge in [-0.3, -0.25) is 9.48 Å². The van der Waals surface area contributed by atoms with Gasteiger partial charge in [-0.25, -0.2) is 4.79 Å². The minimum Gasteiger partial charge on any atom is -0.467 e. The predicted octanol–water partition coefficient (Wildman–Crippen LogP) is -0.257. The molecule has 0 N–H and O–H groups in total. The number of hydrogen-bond acceptors (Lipinski definition) is 5. The Morgan fingerprint density at radius 3 is 2.84 bits per heavy atom. The first-order chi connectivity index (χ1) is 9.04. The molecule has 1 fully saturated rings. The average molecular weight is 267 g/mol. The summed E-state index contributed by atoms with van der Waals surface area (Å²) in [5.74, 6) is -0.700. The highest BCUT2D eigenvalue weighted by atomic mass is 16.5. The fourth-order valence-corrected chi connectivity index (χ4v) is 2.14. The number of methoxy groups -OCH3 is 1. The molecular weight excluding hydrogens is 250 g/mol. The predicted molar refractivity (Wildman–Crippen MR) is 65.6 cm³/mol. The smallest absolute Gasteiger partial charge is 0.331 e. The van der Waals surface area contributed by atoms with E-state index in [-0.39, 0.29) is 12.5 Å². The molecule has 1 aliphatic rings. The number of nitrogens with zero attached hydrogens (tertiary/aromatic N) is 3. The Kier molecular flexibility index (Phi) is 3.84. The van der Waals surface area contributed by atoms with E-state index in [1.807, 2.05) is 6.92 Å². The topological polar surface area (TPSA) is 73.7 Å². The number of carbonyl (C=O) groups excluding carboxylic acids is 2. The van der Waals surface area contributed by atoms with Crippen LogP contribution in [0.3, 0.4) is 0 Å². The number of aromatic nitrogens is 2. The third-order valence-corrected chi connectivity index (χ3v) is 3.08. The molecule has 1 aromatic rings. The molecule has 1 saturated heterocycles. The minimum atomic E-state index is -0.693. The molecule has 0 aliphatic carbocycles. The Balaban J connectivity index is 2.25. The van der Waals surface area contributed by atoms with E-state index in [4.69, 9.17) is 9.47 Å². The van der Waals surface area contributed by atoms with E-state index < -0.39 is 12.0 Å². The summed E-state index contributed by atoms with van der Waals surface area (Å²) in [6, 6.07) is 1.01. The quantitative estimate of drug-likeness (QED) is 0.690. The third kappa shape index (κ3) is 2.60. The number of hydrogen-bond donors (Lipinski definition) is 0. The van der Waals surface area contributed by atoms with Crippen molar-refractivity contribution in [3.8, 4) is 0 Å². The first-order valence-corrected chi connectivity index (χ1v) is 6.01. The molecule has 19 heavy (non-hydrogen) atoms. The summed E-state index contributed by atoms with van der Waals surface area (Å²) < 4.78 is 11.5. The van der Waals surface area contributed by atoms with Crippen molar-refractivity contribution < 1.29 is 19.1 Å². The van der Waals surface area contributed by atoms with Crippen LogP contribution < -0.4 is 0 Å². The Hall–Kier alpha value is -1.89. The van der Waals surface area contributed by atoms with Gasteiger partial charge in [0.25, 0.3) is 5.91 Å². The van der Waals surface area contributed by atoms with Crippen LogP contribution in [0.1, 0.15) is 16.2 Å². The largest absolute Gasteiger partial charge is 0.467 e. The number of amides is 1. The lowest BCUT2D eigenvalue weighted by Gasteiger charge is -2.33. The van der Waals surface area contributed by atoms with Gasteiger partial charge in [0.05, 0.1) is 26.0 Å². The van der Waals surface area contributed by atoms with Crippen LogP contribution in [0.4, 0.5) is 0 Å². The Labute approximate surface area is 111 Å². The maximum Gasteiger partial charge on any atom is 0.331 e. The van der Waals surface area contributed by atoms with E-state index in [1.54, 1.807) is 13.1 Å². The fraction of sp³-hybridized carbons (Fsp3) is 0.583. The first kappa shape index (κ1) is 13.5. The van der Waals surface area contributed by atoms with Crippen molar-refractivity contribution in [1.82, 2.24) is 14.7 Å². The molecule has 2 rings (SSSR count). The van der Waals surface area contributed by atoms with Gasteiger partial charge in [0, 0.05) is 13.6 Å². The van der Waals surface area contributed by atoms with E-state index in [0.29, 0.717) is 18.8 Å². The average Bonchev–Trinajstić information content (AvgIpc) is 2.76. The second-order valence-corrected chi connectivity index (χ2v) is 4.41. The van der Waals surface area contributed by atoms with Crippen LogP contribution in [0.15, 0.2) is 6.07 Å². The van der Waals surface area contributed by atoms with Crippen molar-refractivity contribution in [2.24, 2.45) is 7.05 Å². The molecule has 7 nitrogen and oxygen atoms in total. The number of aryl methyl sites for hydroxylation is 2. The number of carbonyl (C=O) groups is 2. The summed E-state index contributed by atoms with van der Waals surface area (Å²) >= 11 is 0. The molecule has 0 aromatic carbocycles. The highest BCUT2D eigenvalue weighted by Gasteiger charge is 2.35. The summed E-state index contributed by atoms with van der Waals surface area (Å²) in [4.78, 5) is 25.6. The molecule has 0 radical (unpaired) electrons. The zero-order valence-electron chi connectivity index (χ0n) is 11.3. The van der Waals surface area contributed by atoms with Crippen LogP contribution in [0.2, 0.25) is 0 Å². The van der Waals surface area contributed by atoms with E-state index in [1.165, 1.54) is 16.7 Å². The third-order valence-electron chi connectivity index (χ3n) is 3.08. The van der Waals surface area contributed by atoms with Crippen LogP contribution in [0.5, 0.6) is 0 Å². The molecule has 1 aromatic heterocycles. The Morgan fingerprint density at radius 1 is 1.53 bits per heavy atom. The maximum atomic E-state index is 12.5. The SMILES string of the molecule is COC(=O)C1COCCN1C(=O)c1cc(C)nn1C. The second kappa shape index (κ2) is 5.40. The van der Waals surface area contributed by atoms with E-state index in [9.17, 15) is 9.59 Å². The molecule has 0 spiro atoms. The summed E-state index contributed by atoms with van der Waals surface area (Å²) in [6.45, 7) is 2.75. The Morgan fingerprint density at radius 2 is 2.26 bits per heavy atom. The van der Waals surface area contributed by atoms with Gasteiger partial charge in [-0.1, -0.05) is 0 Å². The highest BCUT2D eigenvalue weighted by Crippen LogP contribution is 2.14. The van der Waals surface area contributed by atoms with E-state index in [2.05, 4.69) is 5.10 Å². The monoisotopic (exact) mass is 267 g/mol. The fourth-order valence-electron chi connectivity index (χ4n) is 2.14. The van der Waals surface area contributed by atoms with Gasteiger partial charge in [-0.2, -0.15) is 5.10 Å². The molecular formula is C12H17N3O4. The molecule has 1 aliphatic heterocycles. The van der Waals surface area contributed by atoms with Crippen molar-refractivity contribution >= 4 is 11.9 Å². The van der Waals surface area contributed by atoms with Crippen LogP contribution >= 0.6 is 0 Å². The molecule has 1 unspecified atom stereocenters. The molecule has 1 atom stereocenters. The minimum absolute atomic E-state index is 0.162. The summed E-state index contributed by atoms with van der Waals surface area (Å²) in [7, 11) is 3.00. The van der Waals surface area contributed by atoms with Gasteiger partial charge in [-0.15, -0.1) is 0 Å². The van der Waals surface area contributed by atoms with E-state index in [0.717, 1.165) is 5.69 Å². The van der Waals surface area contributed by atoms with Crippen molar-refractivity contribution in [2.45, 2.75) is 13.0 Å². The lowest BCUT2D eigenvalue weighted by Crippen LogP contribution is -2.53. The van der Waals surface area contributed by atoms with Crippen LogP contribution in [-0.4, -0.2) is 59.5 Å². The van der Waals surface area contributed by atoms with Crippen LogP contribution in [0.25, 0.3) is 0 Å². The van der Waals surface area contributed by atoms with Gasteiger partial charge < -0.3 is 14.4 Å².